The predicted octanol–water partition coefficient (Wildman–Crippen LogP) is 1.96. The standard InChI is InChI=1S/C15H10F2N2O2/c16-12-6-11(8-18-9-12)15(21)19-13-3-4-14(17)10(7-13)2-1-5-20/h3-4,6-9,20H,5H2,(H,19,21). The van der Waals surface area contributed by atoms with E-state index >= 15 is 0 Å². The lowest BCUT2D eigenvalue weighted by atomic mass is 10.2. The molecule has 0 aliphatic rings. The monoisotopic (exact) mass is 288 g/mol. The number of aromatic nitrogens is 1. The van der Waals surface area contributed by atoms with E-state index in [1.54, 1.807) is 0 Å². The van der Waals surface area contributed by atoms with E-state index in [1.165, 1.54) is 18.3 Å². The third kappa shape index (κ3) is 3.84. The van der Waals surface area contributed by atoms with E-state index in [0.717, 1.165) is 18.3 Å². The van der Waals surface area contributed by atoms with Crippen LogP contribution in [0.15, 0.2) is 36.7 Å². The highest BCUT2D eigenvalue weighted by Crippen LogP contribution is 2.15. The van der Waals surface area contributed by atoms with E-state index in [-0.39, 0.29) is 11.1 Å². The topological polar surface area (TPSA) is 62.2 Å². The summed E-state index contributed by atoms with van der Waals surface area (Å²) in [5.74, 6) is 2.97. The first-order valence-electron chi connectivity index (χ1n) is 5.91. The number of aliphatic hydroxyl groups is 1. The number of carbonyl (C=O) groups excluding carboxylic acids is 1. The van der Waals surface area contributed by atoms with Gasteiger partial charge in [0.2, 0.25) is 0 Å². The highest BCUT2D eigenvalue weighted by atomic mass is 19.1. The highest BCUT2D eigenvalue weighted by Gasteiger charge is 2.09. The molecule has 2 N–H and O–H groups in total. The Morgan fingerprint density at radius 2 is 2.10 bits per heavy atom. The lowest BCUT2D eigenvalue weighted by Crippen LogP contribution is -2.12. The number of pyridine rings is 1. The van der Waals surface area contributed by atoms with E-state index in [0.29, 0.717) is 5.69 Å². The SMILES string of the molecule is O=C(Nc1ccc(F)c(C#CCO)c1)c1cncc(F)c1. The van der Waals surface area contributed by atoms with Gasteiger partial charge in [-0.05, 0) is 24.3 Å². The molecule has 1 amide bonds. The summed E-state index contributed by atoms with van der Waals surface area (Å²) in [6.07, 6.45) is 2.20. The van der Waals surface area contributed by atoms with Crippen LogP contribution in [0.25, 0.3) is 0 Å². The van der Waals surface area contributed by atoms with Crippen LogP contribution in [0.2, 0.25) is 0 Å². The summed E-state index contributed by atoms with van der Waals surface area (Å²) in [7, 11) is 0. The van der Waals surface area contributed by atoms with Gasteiger partial charge in [0.25, 0.3) is 5.91 Å². The summed E-state index contributed by atoms with van der Waals surface area (Å²) >= 11 is 0. The first kappa shape index (κ1) is 14.6. The Kier molecular flexibility index (Phi) is 4.59. The largest absolute Gasteiger partial charge is 0.384 e. The Hall–Kier alpha value is -2.78. The van der Waals surface area contributed by atoms with Crippen LogP contribution in [-0.2, 0) is 0 Å². The van der Waals surface area contributed by atoms with Crippen molar-refractivity contribution in [2.45, 2.75) is 0 Å². The van der Waals surface area contributed by atoms with Gasteiger partial charge in [0.15, 0.2) is 0 Å². The second kappa shape index (κ2) is 6.59. The fourth-order valence-corrected chi connectivity index (χ4v) is 1.57. The molecule has 0 saturated heterocycles. The van der Waals surface area contributed by atoms with Crippen molar-refractivity contribution in [2.75, 3.05) is 11.9 Å². The summed E-state index contributed by atoms with van der Waals surface area (Å²) in [4.78, 5) is 15.5. The number of halogens is 2. The number of hydrogen-bond donors (Lipinski definition) is 2. The van der Waals surface area contributed by atoms with E-state index < -0.39 is 24.1 Å². The van der Waals surface area contributed by atoms with Gasteiger partial charge in [-0.25, -0.2) is 8.78 Å². The van der Waals surface area contributed by atoms with Gasteiger partial charge in [-0.1, -0.05) is 11.8 Å². The zero-order chi connectivity index (χ0) is 15.2. The Labute approximate surface area is 119 Å². The summed E-state index contributed by atoms with van der Waals surface area (Å²) in [6.45, 7) is -0.398. The second-order valence-electron chi connectivity index (χ2n) is 4.00. The second-order valence-corrected chi connectivity index (χ2v) is 4.00. The number of hydrogen-bond acceptors (Lipinski definition) is 3. The lowest BCUT2D eigenvalue weighted by molar-refractivity contribution is 0.102. The van der Waals surface area contributed by atoms with Gasteiger partial charge in [-0.3, -0.25) is 9.78 Å². The Bertz CT molecular complexity index is 736. The molecule has 0 unspecified atom stereocenters. The molecular weight excluding hydrogens is 278 g/mol. The minimum absolute atomic E-state index is 0.0409. The molecule has 0 fully saturated rings. The molecule has 106 valence electrons. The summed E-state index contributed by atoms with van der Waals surface area (Å²) in [5.41, 5.74) is 0.384. The van der Waals surface area contributed by atoms with Gasteiger partial charge in [-0.15, -0.1) is 0 Å². The number of rotatable bonds is 2. The molecule has 6 heteroatoms. The molecule has 1 aromatic heterocycles. The first-order valence-corrected chi connectivity index (χ1v) is 5.91. The molecule has 4 nitrogen and oxygen atoms in total. The maximum Gasteiger partial charge on any atom is 0.257 e. The summed E-state index contributed by atoms with van der Waals surface area (Å²) < 4.78 is 26.4. The molecule has 0 spiro atoms. The third-order valence-corrected chi connectivity index (χ3v) is 2.49. The first-order chi connectivity index (χ1) is 10.1. The Morgan fingerprint density at radius 1 is 1.29 bits per heavy atom. The van der Waals surface area contributed by atoms with Crippen LogP contribution in [-0.4, -0.2) is 22.6 Å². The number of amides is 1. The minimum Gasteiger partial charge on any atom is -0.384 e. The summed E-state index contributed by atoms with van der Waals surface area (Å²) in [6, 6.07) is 4.85. The average Bonchev–Trinajstić information content (AvgIpc) is 2.47. The van der Waals surface area contributed by atoms with E-state index in [9.17, 15) is 13.6 Å². The van der Waals surface area contributed by atoms with Crippen molar-refractivity contribution in [3.8, 4) is 11.8 Å². The van der Waals surface area contributed by atoms with Crippen LogP contribution in [0.4, 0.5) is 14.5 Å². The van der Waals surface area contributed by atoms with Crippen LogP contribution in [0.5, 0.6) is 0 Å². The number of carbonyl (C=O) groups is 1. The van der Waals surface area contributed by atoms with Crippen LogP contribution in [0.3, 0.4) is 0 Å². The number of benzene rings is 1. The fourth-order valence-electron chi connectivity index (χ4n) is 1.57. The molecule has 1 aromatic carbocycles. The van der Waals surface area contributed by atoms with Crippen LogP contribution in [0.1, 0.15) is 15.9 Å². The van der Waals surface area contributed by atoms with Crippen molar-refractivity contribution in [1.82, 2.24) is 4.98 Å². The lowest BCUT2D eigenvalue weighted by Gasteiger charge is -2.06. The Balaban J connectivity index is 2.21. The van der Waals surface area contributed by atoms with Crippen LogP contribution in [0, 0.1) is 23.5 Å². The molecule has 0 radical (unpaired) electrons. The average molecular weight is 288 g/mol. The highest BCUT2D eigenvalue weighted by molar-refractivity contribution is 6.04. The van der Waals surface area contributed by atoms with Crippen LogP contribution < -0.4 is 5.32 Å². The van der Waals surface area contributed by atoms with E-state index in [1.807, 2.05) is 0 Å². The number of nitrogens with zero attached hydrogens (tertiary/aromatic N) is 1. The zero-order valence-electron chi connectivity index (χ0n) is 10.7. The van der Waals surface area contributed by atoms with Crippen molar-refractivity contribution in [1.29, 1.82) is 0 Å². The van der Waals surface area contributed by atoms with Gasteiger partial charge in [0.1, 0.15) is 18.2 Å². The van der Waals surface area contributed by atoms with Gasteiger partial charge >= 0.3 is 0 Å². The molecular formula is C15H10F2N2O2. The normalized spacial score (nSPS) is 9.67. The van der Waals surface area contributed by atoms with E-state index in [2.05, 4.69) is 22.1 Å². The molecule has 1 heterocycles. The number of nitrogens with one attached hydrogen (secondary N) is 1. The van der Waals surface area contributed by atoms with Crippen molar-refractivity contribution in [2.24, 2.45) is 0 Å². The molecule has 2 rings (SSSR count). The predicted molar refractivity (Wildman–Crippen MR) is 72.5 cm³/mol. The van der Waals surface area contributed by atoms with Crippen molar-refractivity contribution >= 4 is 11.6 Å². The summed E-state index contributed by atoms with van der Waals surface area (Å²) in [5, 5.41) is 11.1. The molecule has 0 atom stereocenters. The van der Waals surface area contributed by atoms with Crippen molar-refractivity contribution in [3.05, 3.63) is 59.4 Å². The third-order valence-electron chi connectivity index (χ3n) is 2.49. The van der Waals surface area contributed by atoms with Gasteiger partial charge in [0, 0.05) is 11.9 Å². The molecule has 0 saturated carbocycles. The fraction of sp³-hybridized carbons (Fsp3) is 0.0667. The smallest absolute Gasteiger partial charge is 0.257 e. The van der Waals surface area contributed by atoms with Crippen molar-refractivity contribution in [3.63, 3.8) is 0 Å². The maximum atomic E-state index is 13.4. The molecule has 0 aliphatic carbocycles. The van der Waals surface area contributed by atoms with Crippen molar-refractivity contribution < 1.29 is 18.7 Å². The zero-order valence-corrected chi connectivity index (χ0v) is 10.7. The number of aliphatic hydroxyl groups excluding tert-OH is 1. The number of anilines is 1. The molecule has 0 aliphatic heterocycles. The van der Waals surface area contributed by atoms with Gasteiger partial charge in [0.05, 0.1) is 17.3 Å². The molecule has 0 bridgehead atoms. The maximum absolute atomic E-state index is 13.4. The van der Waals surface area contributed by atoms with Gasteiger partial charge in [-0.2, -0.15) is 0 Å². The van der Waals surface area contributed by atoms with E-state index in [4.69, 9.17) is 5.11 Å². The molecule has 2 aromatic rings. The quantitative estimate of drug-likeness (QED) is 0.830. The van der Waals surface area contributed by atoms with Gasteiger partial charge < -0.3 is 10.4 Å². The minimum atomic E-state index is -0.628. The molecule has 21 heavy (non-hydrogen) atoms. The Morgan fingerprint density at radius 3 is 2.81 bits per heavy atom. The van der Waals surface area contributed by atoms with Crippen LogP contribution >= 0.6 is 0 Å².